The summed E-state index contributed by atoms with van der Waals surface area (Å²) >= 11 is 0. The van der Waals surface area contributed by atoms with Crippen molar-refractivity contribution in [2.45, 2.75) is 63.8 Å². The van der Waals surface area contributed by atoms with Crippen molar-refractivity contribution in [1.29, 1.82) is 0 Å². The van der Waals surface area contributed by atoms with Gasteiger partial charge in [0.05, 0.1) is 23.2 Å². The lowest BCUT2D eigenvalue weighted by atomic mass is 10.0. The Morgan fingerprint density at radius 2 is 2.19 bits per heavy atom. The van der Waals surface area contributed by atoms with Crippen LogP contribution in [0.5, 0.6) is 0 Å². The van der Waals surface area contributed by atoms with E-state index in [1.165, 1.54) is 0 Å². The Hall–Kier alpha value is -0.880. The van der Waals surface area contributed by atoms with E-state index >= 15 is 0 Å². The summed E-state index contributed by atoms with van der Waals surface area (Å²) in [7, 11) is -3.00. The van der Waals surface area contributed by atoms with Crippen LogP contribution in [0.25, 0.3) is 0 Å². The number of nitrogens with zero attached hydrogens (tertiary/aromatic N) is 2. The minimum absolute atomic E-state index is 0.124. The molecule has 0 amide bonds. The fourth-order valence-electron chi connectivity index (χ4n) is 3.01. The molecule has 0 bridgehead atoms. The van der Waals surface area contributed by atoms with Gasteiger partial charge in [0.25, 0.3) is 0 Å². The molecule has 1 aromatic heterocycles. The molecule has 0 radical (unpaired) electrons. The molecule has 1 N–H and O–H groups in total. The van der Waals surface area contributed by atoms with E-state index in [9.17, 15) is 8.42 Å². The van der Waals surface area contributed by atoms with Crippen molar-refractivity contribution in [2.24, 2.45) is 0 Å². The van der Waals surface area contributed by atoms with Crippen LogP contribution in [-0.2, 0) is 16.4 Å². The summed E-state index contributed by atoms with van der Waals surface area (Å²) in [4.78, 5) is 0. The molecule has 2 unspecified atom stereocenters. The van der Waals surface area contributed by atoms with E-state index in [0.29, 0.717) is 5.75 Å². The molecular formula is C15H27N3O2S. The van der Waals surface area contributed by atoms with Crippen molar-refractivity contribution in [2.75, 3.05) is 12.3 Å². The first-order chi connectivity index (χ1) is 10.1. The molecule has 6 heteroatoms. The van der Waals surface area contributed by atoms with Crippen molar-refractivity contribution in [3.63, 3.8) is 0 Å². The molecule has 2 rings (SSSR count). The van der Waals surface area contributed by atoms with Gasteiger partial charge in [-0.25, -0.2) is 8.42 Å². The number of rotatable bonds is 7. The number of nitrogens with one attached hydrogen (secondary N) is 1. The van der Waals surface area contributed by atoms with Crippen molar-refractivity contribution in [3.05, 3.63) is 18.0 Å². The molecule has 0 spiro atoms. The Kier molecular flexibility index (Phi) is 5.81. The second-order valence-electron chi connectivity index (χ2n) is 5.87. The lowest BCUT2D eigenvalue weighted by Crippen LogP contribution is -2.40. The second kappa shape index (κ2) is 7.40. The van der Waals surface area contributed by atoms with Gasteiger partial charge in [0.1, 0.15) is 0 Å². The monoisotopic (exact) mass is 313 g/mol. The van der Waals surface area contributed by atoms with Crippen molar-refractivity contribution >= 4 is 9.84 Å². The first-order valence-electron chi connectivity index (χ1n) is 8.05. The lowest BCUT2D eigenvalue weighted by Gasteiger charge is -2.30. The lowest BCUT2D eigenvalue weighted by molar-refractivity contribution is 0.446. The highest BCUT2D eigenvalue weighted by Crippen LogP contribution is 2.30. The van der Waals surface area contributed by atoms with E-state index < -0.39 is 9.84 Å². The quantitative estimate of drug-likeness (QED) is 0.839. The first kappa shape index (κ1) is 16.5. The van der Waals surface area contributed by atoms with Crippen molar-refractivity contribution in [3.8, 4) is 0 Å². The summed E-state index contributed by atoms with van der Waals surface area (Å²) in [6.07, 6.45) is 8.39. The van der Waals surface area contributed by atoms with Crippen molar-refractivity contribution in [1.82, 2.24) is 15.1 Å². The summed E-state index contributed by atoms with van der Waals surface area (Å²) in [6.45, 7) is 5.91. The van der Waals surface area contributed by atoms with Crippen LogP contribution in [0.1, 0.15) is 57.6 Å². The summed E-state index contributed by atoms with van der Waals surface area (Å²) in [5, 5.41) is 7.49. The van der Waals surface area contributed by atoms with Gasteiger partial charge < -0.3 is 5.32 Å². The smallest absolute Gasteiger partial charge is 0.155 e. The largest absolute Gasteiger partial charge is 0.309 e. The Morgan fingerprint density at radius 1 is 1.38 bits per heavy atom. The van der Waals surface area contributed by atoms with Crippen LogP contribution in [0, 0.1) is 0 Å². The van der Waals surface area contributed by atoms with Gasteiger partial charge in [-0.3, -0.25) is 4.68 Å². The van der Waals surface area contributed by atoms with Gasteiger partial charge in [0.2, 0.25) is 0 Å². The third-order valence-electron chi connectivity index (χ3n) is 4.08. The number of aryl methyl sites for hydroxylation is 1. The molecule has 120 valence electrons. The maximum Gasteiger partial charge on any atom is 0.155 e. The topological polar surface area (TPSA) is 64.0 Å². The average molecular weight is 313 g/mol. The molecule has 1 saturated heterocycles. The average Bonchev–Trinajstić information content (AvgIpc) is 2.89. The van der Waals surface area contributed by atoms with E-state index in [4.69, 9.17) is 0 Å². The molecule has 0 aliphatic carbocycles. The Labute approximate surface area is 128 Å². The molecule has 0 aromatic carbocycles. The predicted molar refractivity (Wildman–Crippen MR) is 85.0 cm³/mol. The van der Waals surface area contributed by atoms with Gasteiger partial charge in [0.15, 0.2) is 9.84 Å². The van der Waals surface area contributed by atoms with Gasteiger partial charge in [-0.2, -0.15) is 5.10 Å². The van der Waals surface area contributed by atoms with E-state index in [0.717, 1.165) is 50.8 Å². The van der Waals surface area contributed by atoms with Gasteiger partial charge in [-0.05, 0) is 32.2 Å². The van der Waals surface area contributed by atoms with E-state index in [2.05, 4.69) is 24.3 Å². The molecule has 1 fully saturated rings. The normalized spacial score (nSPS) is 23.0. The number of sulfone groups is 1. The summed E-state index contributed by atoms with van der Waals surface area (Å²) in [5.41, 5.74) is 1.01. The van der Waals surface area contributed by atoms with E-state index in [1.54, 1.807) is 0 Å². The third kappa shape index (κ3) is 4.07. The molecule has 21 heavy (non-hydrogen) atoms. The summed E-state index contributed by atoms with van der Waals surface area (Å²) in [6, 6.07) is -0.124. The zero-order chi connectivity index (χ0) is 15.3. The highest BCUT2D eigenvalue weighted by molar-refractivity contribution is 7.92. The fraction of sp³-hybridized carbons (Fsp3) is 0.800. The zero-order valence-corrected chi connectivity index (χ0v) is 13.9. The van der Waals surface area contributed by atoms with E-state index in [1.807, 2.05) is 17.1 Å². The van der Waals surface area contributed by atoms with Crippen LogP contribution in [0.2, 0.25) is 0 Å². The molecular weight excluding hydrogens is 286 g/mol. The number of hydrogen-bond donors (Lipinski definition) is 1. The molecule has 1 aliphatic rings. The Morgan fingerprint density at radius 3 is 2.86 bits per heavy atom. The molecule has 1 aromatic rings. The van der Waals surface area contributed by atoms with Crippen molar-refractivity contribution < 1.29 is 8.42 Å². The predicted octanol–water partition coefficient (Wildman–Crippen LogP) is 2.30. The SMILES string of the molecule is CCCNC(c1cnn(CCC)c1)C1CCCCS1(=O)=O. The second-order valence-corrected chi connectivity index (χ2v) is 8.21. The Bertz CT molecular complexity index is 539. The number of hydrogen-bond acceptors (Lipinski definition) is 4. The van der Waals surface area contributed by atoms with Gasteiger partial charge in [0, 0.05) is 18.3 Å². The van der Waals surface area contributed by atoms with Crippen LogP contribution in [0.15, 0.2) is 12.4 Å². The van der Waals surface area contributed by atoms with Gasteiger partial charge in [-0.15, -0.1) is 0 Å². The minimum atomic E-state index is -3.00. The first-order valence-corrected chi connectivity index (χ1v) is 9.77. The van der Waals surface area contributed by atoms with Gasteiger partial charge in [-0.1, -0.05) is 20.3 Å². The van der Waals surface area contributed by atoms with Crippen LogP contribution in [0.4, 0.5) is 0 Å². The molecule has 0 saturated carbocycles. The van der Waals surface area contributed by atoms with Crippen LogP contribution in [-0.4, -0.2) is 35.7 Å². The zero-order valence-electron chi connectivity index (χ0n) is 13.1. The Balaban J connectivity index is 2.23. The van der Waals surface area contributed by atoms with Crippen LogP contribution < -0.4 is 5.32 Å². The highest BCUT2D eigenvalue weighted by Gasteiger charge is 2.36. The summed E-state index contributed by atoms with van der Waals surface area (Å²) < 4.78 is 26.8. The van der Waals surface area contributed by atoms with Gasteiger partial charge >= 0.3 is 0 Å². The third-order valence-corrected chi connectivity index (χ3v) is 6.37. The van der Waals surface area contributed by atoms with E-state index in [-0.39, 0.29) is 11.3 Å². The molecule has 1 aliphatic heterocycles. The molecule has 2 atom stereocenters. The maximum absolute atomic E-state index is 12.4. The maximum atomic E-state index is 12.4. The fourth-order valence-corrected chi connectivity index (χ4v) is 5.11. The molecule has 5 nitrogen and oxygen atoms in total. The minimum Gasteiger partial charge on any atom is -0.309 e. The molecule has 2 heterocycles. The summed E-state index contributed by atoms with van der Waals surface area (Å²) in [5.74, 6) is 0.324. The van der Waals surface area contributed by atoms with Crippen LogP contribution in [0.3, 0.4) is 0 Å². The standard InChI is InChI=1S/C15H27N3O2S/c1-3-8-16-15(13-11-17-18(12-13)9-4-2)14-7-5-6-10-21(14,19)20/h11-12,14-16H,3-10H2,1-2H3. The van der Waals surface area contributed by atoms with Crippen LogP contribution >= 0.6 is 0 Å². The number of aromatic nitrogens is 2. The highest BCUT2D eigenvalue weighted by atomic mass is 32.2.